The molecule has 5 rings (SSSR count). The number of para-hydroxylation sites is 1. The molecule has 0 N–H and O–H groups in total. The zero-order valence-electron chi connectivity index (χ0n) is 16.9. The van der Waals surface area contributed by atoms with Gasteiger partial charge in [0.05, 0.1) is 27.2 Å². The van der Waals surface area contributed by atoms with Crippen molar-refractivity contribution < 1.29 is 13.2 Å². The summed E-state index contributed by atoms with van der Waals surface area (Å²) in [6.07, 6.45) is 0.833. The van der Waals surface area contributed by atoms with E-state index in [2.05, 4.69) is 11.1 Å². The number of hydrogen-bond donors (Lipinski definition) is 0. The molecule has 0 aliphatic carbocycles. The van der Waals surface area contributed by atoms with Crippen molar-refractivity contribution in [1.29, 1.82) is 0 Å². The van der Waals surface area contributed by atoms with E-state index >= 15 is 0 Å². The average molecular weight is 449 g/mol. The summed E-state index contributed by atoms with van der Waals surface area (Å²) in [5.41, 5.74) is 4.13. The van der Waals surface area contributed by atoms with E-state index in [1.54, 1.807) is 18.2 Å². The van der Waals surface area contributed by atoms with Crippen LogP contribution in [0, 0.1) is 6.92 Å². The Morgan fingerprint density at radius 1 is 1.06 bits per heavy atom. The van der Waals surface area contributed by atoms with Gasteiger partial charge in [-0.25, -0.2) is 13.4 Å². The molecule has 4 aromatic rings. The van der Waals surface area contributed by atoms with Gasteiger partial charge < -0.3 is 0 Å². The number of nitrogens with zero attached hydrogens (tertiary/aromatic N) is 2. The lowest BCUT2D eigenvalue weighted by atomic mass is 10.1. The maximum atomic E-state index is 13.3. The van der Waals surface area contributed by atoms with Crippen LogP contribution in [0.15, 0.2) is 71.6 Å². The quantitative estimate of drug-likeness (QED) is 0.412. The molecule has 0 spiro atoms. The van der Waals surface area contributed by atoms with Crippen LogP contribution in [-0.4, -0.2) is 25.7 Å². The Morgan fingerprint density at radius 2 is 1.90 bits per heavy atom. The summed E-state index contributed by atoms with van der Waals surface area (Å²) in [5, 5.41) is 0.729. The number of aromatic nitrogens is 1. The van der Waals surface area contributed by atoms with Gasteiger partial charge >= 0.3 is 0 Å². The smallest absolute Gasteiger partial charge is 0.264 e. The molecule has 0 atom stereocenters. The SMILES string of the molecule is Cc1ccc2nc(CC(=O)c3cccc(S(=O)(=O)N4CCc5ccccc54)c3)sc2c1. The minimum absolute atomic E-state index is 0.134. The Kier molecular flexibility index (Phi) is 4.87. The zero-order chi connectivity index (χ0) is 21.6. The van der Waals surface area contributed by atoms with Gasteiger partial charge in [-0.1, -0.05) is 36.4 Å². The van der Waals surface area contributed by atoms with Crippen LogP contribution in [0.5, 0.6) is 0 Å². The highest BCUT2D eigenvalue weighted by molar-refractivity contribution is 7.92. The first kappa shape index (κ1) is 19.9. The third-order valence-electron chi connectivity index (χ3n) is 5.49. The Balaban J connectivity index is 1.42. The fourth-order valence-electron chi connectivity index (χ4n) is 3.91. The van der Waals surface area contributed by atoms with E-state index in [-0.39, 0.29) is 17.1 Å². The number of sulfonamides is 1. The topological polar surface area (TPSA) is 67.3 Å². The first-order chi connectivity index (χ1) is 14.9. The summed E-state index contributed by atoms with van der Waals surface area (Å²) in [7, 11) is -3.74. The van der Waals surface area contributed by atoms with E-state index in [1.807, 2.05) is 43.3 Å². The van der Waals surface area contributed by atoms with Crippen LogP contribution < -0.4 is 4.31 Å². The molecule has 5 nitrogen and oxygen atoms in total. The molecule has 0 fully saturated rings. The van der Waals surface area contributed by atoms with Crippen LogP contribution >= 0.6 is 11.3 Å². The van der Waals surface area contributed by atoms with E-state index in [9.17, 15) is 13.2 Å². The predicted molar refractivity (Wildman–Crippen MR) is 124 cm³/mol. The van der Waals surface area contributed by atoms with Gasteiger partial charge in [-0.2, -0.15) is 0 Å². The molecule has 2 heterocycles. The third kappa shape index (κ3) is 3.64. The monoisotopic (exact) mass is 448 g/mol. The van der Waals surface area contributed by atoms with Crippen molar-refractivity contribution in [2.45, 2.75) is 24.7 Å². The normalized spacial score (nSPS) is 13.5. The van der Waals surface area contributed by atoms with Crippen molar-refractivity contribution in [1.82, 2.24) is 4.98 Å². The highest BCUT2D eigenvalue weighted by Gasteiger charge is 2.31. The fourth-order valence-corrected chi connectivity index (χ4v) is 6.52. The van der Waals surface area contributed by atoms with Crippen molar-refractivity contribution in [2.24, 2.45) is 0 Å². The fraction of sp³-hybridized carbons (Fsp3) is 0.167. The standard InChI is InChI=1S/C24H20N2O3S2/c1-16-9-10-20-23(13-16)30-24(25-20)15-22(27)18-6-4-7-19(14-18)31(28,29)26-12-11-17-5-2-3-8-21(17)26/h2-10,13-14H,11-12,15H2,1H3. The molecule has 31 heavy (non-hydrogen) atoms. The number of ketones is 1. The van der Waals surface area contributed by atoms with E-state index in [0.717, 1.165) is 26.4 Å². The molecular weight excluding hydrogens is 428 g/mol. The molecule has 1 aliphatic rings. The highest BCUT2D eigenvalue weighted by Crippen LogP contribution is 2.33. The lowest BCUT2D eigenvalue weighted by Crippen LogP contribution is -2.29. The van der Waals surface area contributed by atoms with Crippen molar-refractivity contribution in [3.05, 3.63) is 88.4 Å². The Hall–Kier alpha value is -3.03. The van der Waals surface area contributed by atoms with Gasteiger partial charge in [0.1, 0.15) is 5.01 Å². The molecule has 0 saturated carbocycles. The van der Waals surface area contributed by atoms with Gasteiger partial charge in [-0.15, -0.1) is 11.3 Å². The van der Waals surface area contributed by atoms with Crippen LogP contribution in [0.1, 0.15) is 26.5 Å². The first-order valence-corrected chi connectivity index (χ1v) is 12.3. The molecule has 0 radical (unpaired) electrons. The number of carbonyl (C=O) groups is 1. The minimum atomic E-state index is -3.74. The summed E-state index contributed by atoms with van der Waals surface area (Å²) >= 11 is 1.50. The Morgan fingerprint density at radius 3 is 2.77 bits per heavy atom. The predicted octanol–water partition coefficient (Wildman–Crippen LogP) is 4.78. The van der Waals surface area contributed by atoms with E-state index in [4.69, 9.17) is 0 Å². The van der Waals surface area contributed by atoms with Gasteiger partial charge in [0.2, 0.25) is 0 Å². The number of benzene rings is 3. The molecule has 7 heteroatoms. The zero-order valence-corrected chi connectivity index (χ0v) is 18.5. The number of Topliss-reactive ketones (excluding diaryl/α,β-unsaturated/α-hetero) is 1. The molecule has 1 aliphatic heterocycles. The van der Waals surface area contributed by atoms with Crippen LogP contribution in [0.25, 0.3) is 10.2 Å². The summed E-state index contributed by atoms with van der Waals surface area (Å²) in [4.78, 5) is 17.6. The number of anilines is 1. The van der Waals surface area contributed by atoms with Gasteiger partial charge in [0, 0.05) is 12.1 Å². The molecule has 0 unspecified atom stereocenters. The summed E-state index contributed by atoms with van der Waals surface area (Å²) in [6, 6.07) is 19.9. The van der Waals surface area contributed by atoms with Crippen molar-refractivity contribution in [3.63, 3.8) is 0 Å². The largest absolute Gasteiger partial charge is 0.294 e. The number of carbonyl (C=O) groups excluding carboxylic acids is 1. The van der Waals surface area contributed by atoms with Gasteiger partial charge in [0.15, 0.2) is 5.78 Å². The van der Waals surface area contributed by atoms with E-state index in [1.165, 1.54) is 21.7 Å². The summed E-state index contributed by atoms with van der Waals surface area (Å²) < 4.78 is 29.0. The van der Waals surface area contributed by atoms with Crippen LogP contribution in [-0.2, 0) is 22.9 Å². The van der Waals surface area contributed by atoms with E-state index in [0.29, 0.717) is 24.2 Å². The minimum Gasteiger partial charge on any atom is -0.294 e. The third-order valence-corrected chi connectivity index (χ3v) is 8.32. The van der Waals surface area contributed by atoms with Crippen LogP contribution in [0.2, 0.25) is 0 Å². The molecule has 0 saturated heterocycles. The van der Waals surface area contributed by atoms with Gasteiger partial charge in [0.25, 0.3) is 10.0 Å². The van der Waals surface area contributed by atoms with Gasteiger partial charge in [-0.05, 0) is 54.8 Å². The number of rotatable bonds is 5. The Bertz CT molecular complexity index is 1420. The van der Waals surface area contributed by atoms with E-state index < -0.39 is 10.0 Å². The second-order valence-corrected chi connectivity index (χ2v) is 10.6. The number of aryl methyl sites for hydroxylation is 1. The molecule has 0 bridgehead atoms. The van der Waals surface area contributed by atoms with Crippen molar-refractivity contribution in [3.8, 4) is 0 Å². The van der Waals surface area contributed by atoms with Crippen molar-refractivity contribution in [2.75, 3.05) is 10.8 Å². The van der Waals surface area contributed by atoms with Gasteiger partial charge in [-0.3, -0.25) is 9.10 Å². The van der Waals surface area contributed by atoms with Crippen molar-refractivity contribution >= 4 is 43.0 Å². The second kappa shape index (κ2) is 7.59. The molecule has 0 amide bonds. The van der Waals surface area contributed by atoms with Crippen LogP contribution in [0.3, 0.4) is 0 Å². The van der Waals surface area contributed by atoms with Crippen LogP contribution in [0.4, 0.5) is 5.69 Å². The maximum Gasteiger partial charge on any atom is 0.264 e. The molecule has 156 valence electrons. The number of thiazole rings is 1. The number of fused-ring (bicyclic) bond motifs is 2. The summed E-state index contributed by atoms with van der Waals surface area (Å²) in [6.45, 7) is 2.43. The lowest BCUT2D eigenvalue weighted by Gasteiger charge is -2.19. The molecule has 3 aromatic carbocycles. The Labute approximate surface area is 185 Å². The molecule has 1 aromatic heterocycles. The second-order valence-electron chi connectivity index (χ2n) is 7.66. The lowest BCUT2D eigenvalue weighted by molar-refractivity contribution is 0.0993. The number of hydrogen-bond acceptors (Lipinski definition) is 5. The highest BCUT2D eigenvalue weighted by atomic mass is 32.2. The maximum absolute atomic E-state index is 13.3. The average Bonchev–Trinajstić information content (AvgIpc) is 3.37. The molecular formula is C24H20N2O3S2. The first-order valence-electron chi connectivity index (χ1n) is 10.0. The summed E-state index contributed by atoms with van der Waals surface area (Å²) in [5.74, 6) is -0.144.